The third-order valence-corrected chi connectivity index (χ3v) is 5.21. The first-order valence-corrected chi connectivity index (χ1v) is 9.13. The minimum atomic E-state index is -1.30. The highest BCUT2D eigenvalue weighted by Crippen LogP contribution is 2.41. The standard InChI is InChI=1S/C23H21N3O3/c1-26-21(28)23(25-22(26)24,17-9-11-19(27)12-10-17)18-7-3-5-15(13-18)16-6-4-8-20(14-16)29-2/h3-14,27H,1-2H3,(H2,24,25). The van der Waals surface area contributed by atoms with E-state index in [-0.39, 0.29) is 17.6 Å². The number of hydrogen-bond acceptors (Lipinski definition) is 5. The number of guanidine groups is 1. The molecule has 1 aliphatic heterocycles. The number of methoxy groups -OCH3 is 1. The van der Waals surface area contributed by atoms with Crippen molar-refractivity contribution in [1.29, 1.82) is 0 Å². The van der Waals surface area contributed by atoms with Gasteiger partial charge in [0.15, 0.2) is 11.5 Å². The van der Waals surface area contributed by atoms with E-state index in [0.29, 0.717) is 11.1 Å². The summed E-state index contributed by atoms with van der Waals surface area (Å²) < 4.78 is 5.33. The van der Waals surface area contributed by atoms with Crippen molar-refractivity contribution in [1.82, 2.24) is 4.90 Å². The van der Waals surface area contributed by atoms with E-state index in [2.05, 4.69) is 4.99 Å². The van der Waals surface area contributed by atoms with E-state index in [9.17, 15) is 9.90 Å². The molecule has 0 radical (unpaired) electrons. The number of amides is 1. The predicted octanol–water partition coefficient (Wildman–Crippen LogP) is 3.10. The summed E-state index contributed by atoms with van der Waals surface area (Å²) in [7, 11) is 3.23. The average molecular weight is 387 g/mol. The fourth-order valence-electron chi connectivity index (χ4n) is 3.61. The number of likely N-dealkylation sites (N-methyl/N-ethyl adjacent to an activating group) is 1. The van der Waals surface area contributed by atoms with Crippen LogP contribution in [0.25, 0.3) is 11.1 Å². The van der Waals surface area contributed by atoms with E-state index in [0.717, 1.165) is 16.9 Å². The lowest BCUT2D eigenvalue weighted by molar-refractivity contribution is -0.129. The van der Waals surface area contributed by atoms with Gasteiger partial charge in [-0.05, 0) is 52.6 Å². The van der Waals surface area contributed by atoms with Gasteiger partial charge in [0.1, 0.15) is 11.5 Å². The number of phenolic OH excluding ortho intramolecular Hbond substituents is 1. The molecule has 1 unspecified atom stereocenters. The number of ether oxygens (including phenoxy) is 1. The highest BCUT2D eigenvalue weighted by atomic mass is 16.5. The second kappa shape index (κ2) is 6.98. The van der Waals surface area contributed by atoms with Crippen molar-refractivity contribution in [2.24, 2.45) is 10.7 Å². The molecule has 0 aromatic heterocycles. The number of phenols is 1. The molecule has 0 aliphatic carbocycles. The third-order valence-electron chi connectivity index (χ3n) is 5.21. The van der Waals surface area contributed by atoms with E-state index in [4.69, 9.17) is 10.5 Å². The lowest BCUT2D eigenvalue weighted by atomic mass is 9.81. The van der Waals surface area contributed by atoms with Crippen LogP contribution in [-0.4, -0.2) is 36.0 Å². The number of nitrogens with zero attached hydrogens (tertiary/aromatic N) is 2. The molecule has 6 heteroatoms. The second-order valence-electron chi connectivity index (χ2n) is 6.90. The Morgan fingerprint density at radius 1 is 0.966 bits per heavy atom. The summed E-state index contributed by atoms with van der Waals surface area (Å²) in [6.45, 7) is 0. The maximum absolute atomic E-state index is 13.3. The maximum atomic E-state index is 13.3. The predicted molar refractivity (Wildman–Crippen MR) is 112 cm³/mol. The van der Waals surface area contributed by atoms with Gasteiger partial charge in [-0.15, -0.1) is 0 Å². The molecule has 1 amide bonds. The van der Waals surface area contributed by atoms with Gasteiger partial charge in [-0.1, -0.05) is 42.5 Å². The van der Waals surface area contributed by atoms with Gasteiger partial charge in [0.05, 0.1) is 7.11 Å². The molecule has 0 bridgehead atoms. The Kier molecular flexibility index (Phi) is 4.47. The van der Waals surface area contributed by atoms with Crippen LogP contribution < -0.4 is 10.5 Å². The Hall–Kier alpha value is -3.80. The zero-order valence-corrected chi connectivity index (χ0v) is 16.2. The number of aliphatic imine (C=N–C) groups is 1. The highest BCUT2D eigenvalue weighted by molar-refractivity contribution is 6.09. The summed E-state index contributed by atoms with van der Waals surface area (Å²) in [6.07, 6.45) is 0. The summed E-state index contributed by atoms with van der Waals surface area (Å²) in [5.74, 6) is 0.767. The van der Waals surface area contributed by atoms with Gasteiger partial charge < -0.3 is 15.6 Å². The summed E-state index contributed by atoms with van der Waals surface area (Å²) in [5.41, 5.74) is 7.94. The highest BCUT2D eigenvalue weighted by Gasteiger charge is 2.49. The molecule has 1 aliphatic rings. The number of carbonyl (C=O) groups excluding carboxylic acids is 1. The number of nitrogens with two attached hydrogens (primary N) is 1. The van der Waals surface area contributed by atoms with Crippen LogP contribution in [0.3, 0.4) is 0 Å². The molecule has 146 valence electrons. The average Bonchev–Trinajstić information content (AvgIpc) is 2.99. The van der Waals surface area contributed by atoms with Gasteiger partial charge in [-0.25, -0.2) is 4.99 Å². The Morgan fingerprint density at radius 3 is 2.24 bits per heavy atom. The lowest BCUT2D eigenvalue weighted by Crippen LogP contribution is -2.41. The van der Waals surface area contributed by atoms with Crippen LogP contribution in [0.1, 0.15) is 11.1 Å². The molecular formula is C23H21N3O3. The van der Waals surface area contributed by atoms with E-state index in [1.807, 2.05) is 48.5 Å². The SMILES string of the molecule is COc1cccc(-c2cccc(C3(c4ccc(O)cc4)N=C(N)N(C)C3=O)c2)c1. The van der Waals surface area contributed by atoms with Crippen LogP contribution in [0.15, 0.2) is 77.8 Å². The van der Waals surface area contributed by atoms with Gasteiger partial charge in [-0.2, -0.15) is 0 Å². The Bertz CT molecular complexity index is 1110. The van der Waals surface area contributed by atoms with Crippen molar-refractivity contribution in [3.63, 3.8) is 0 Å². The molecular weight excluding hydrogens is 366 g/mol. The third kappa shape index (κ3) is 2.99. The van der Waals surface area contributed by atoms with Crippen LogP contribution >= 0.6 is 0 Å². The van der Waals surface area contributed by atoms with E-state index in [1.54, 1.807) is 38.4 Å². The van der Waals surface area contributed by atoms with E-state index in [1.165, 1.54) is 4.90 Å². The van der Waals surface area contributed by atoms with Crippen molar-refractivity contribution in [3.8, 4) is 22.6 Å². The molecule has 29 heavy (non-hydrogen) atoms. The molecule has 1 atom stereocenters. The van der Waals surface area contributed by atoms with Gasteiger partial charge in [-0.3, -0.25) is 9.69 Å². The summed E-state index contributed by atoms with van der Waals surface area (Å²) in [5, 5.41) is 9.70. The lowest BCUT2D eigenvalue weighted by Gasteiger charge is -2.26. The Morgan fingerprint density at radius 2 is 1.62 bits per heavy atom. The number of aromatic hydroxyl groups is 1. The first-order chi connectivity index (χ1) is 14.0. The zero-order valence-electron chi connectivity index (χ0n) is 16.2. The van der Waals surface area contributed by atoms with Crippen molar-refractivity contribution in [3.05, 3.63) is 83.9 Å². The van der Waals surface area contributed by atoms with E-state index >= 15 is 0 Å². The number of benzene rings is 3. The molecule has 6 nitrogen and oxygen atoms in total. The smallest absolute Gasteiger partial charge is 0.266 e. The van der Waals surface area contributed by atoms with Gasteiger partial charge in [0, 0.05) is 7.05 Å². The van der Waals surface area contributed by atoms with Crippen molar-refractivity contribution < 1.29 is 14.6 Å². The molecule has 0 saturated heterocycles. The van der Waals surface area contributed by atoms with Crippen LogP contribution in [0.2, 0.25) is 0 Å². The monoisotopic (exact) mass is 387 g/mol. The normalized spacial score (nSPS) is 18.6. The van der Waals surface area contributed by atoms with Crippen molar-refractivity contribution >= 4 is 11.9 Å². The molecule has 3 aromatic rings. The molecule has 3 aromatic carbocycles. The van der Waals surface area contributed by atoms with Crippen LogP contribution in [0.4, 0.5) is 0 Å². The largest absolute Gasteiger partial charge is 0.508 e. The minimum absolute atomic E-state index is 0.116. The molecule has 0 fully saturated rings. The molecule has 3 N–H and O–H groups in total. The van der Waals surface area contributed by atoms with Crippen LogP contribution in [0, 0.1) is 0 Å². The Balaban J connectivity index is 1.91. The minimum Gasteiger partial charge on any atom is -0.508 e. The summed E-state index contributed by atoms with van der Waals surface area (Å²) in [4.78, 5) is 19.3. The first-order valence-electron chi connectivity index (χ1n) is 9.13. The number of carbonyl (C=O) groups is 1. The fraction of sp³-hybridized carbons (Fsp3) is 0.130. The van der Waals surface area contributed by atoms with Crippen LogP contribution in [0.5, 0.6) is 11.5 Å². The van der Waals surface area contributed by atoms with Crippen LogP contribution in [-0.2, 0) is 10.3 Å². The van der Waals surface area contributed by atoms with E-state index < -0.39 is 5.54 Å². The van der Waals surface area contributed by atoms with Gasteiger partial charge in [0.25, 0.3) is 5.91 Å². The quantitative estimate of drug-likeness (QED) is 0.720. The summed E-state index contributed by atoms with van der Waals surface area (Å²) >= 11 is 0. The molecule has 0 spiro atoms. The van der Waals surface area contributed by atoms with Gasteiger partial charge in [0.2, 0.25) is 0 Å². The second-order valence-corrected chi connectivity index (χ2v) is 6.90. The number of rotatable bonds is 4. The topological polar surface area (TPSA) is 88.2 Å². The molecule has 1 heterocycles. The first kappa shape index (κ1) is 18.6. The number of hydrogen-bond donors (Lipinski definition) is 2. The Labute approximate surface area is 168 Å². The maximum Gasteiger partial charge on any atom is 0.266 e. The van der Waals surface area contributed by atoms with Crippen molar-refractivity contribution in [2.75, 3.05) is 14.2 Å². The molecule has 4 rings (SSSR count). The summed E-state index contributed by atoms with van der Waals surface area (Å²) in [6, 6.07) is 21.9. The van der Waals surface area contributed by atoms with Gasteiger partial charge >= 0.3 is 0 Å². The molecule has 0 saturated carbocycles. The fourth-order valence-corrected chi connectivity index (χ4v) is 3.61. The zero-order chi connectivity index (χ0) is 20.6. The van der Waals surface area contributed by atoms with Crippen molar-refractivity contribution in [2.45, 2.75) is 5.54 Å².